The largest absolute Gasteiger partial charge is 0.485 e. The van der Waals surface area contributed by atoms with Gasteiger partial charge in [0.1, 0.15) is 5.75 Å². The van der Waals surface area contributed by atoms with Gasteiger partial charge >= 0.3 is 12.1 Å². The number of alkyl halides is 5. The predicted octanol–water partition coefficient (Wildman–Crippen LogP) is 5.18. The monoisotopic (exact) mass is 472 g/mol. The summed E-state index contributed by atoms with van der Waals surface area (Å²) in [5.41, 5.74) is 1.56. The summed E-state index contributed by atoms with van der Waals surface area (Å²) in [6, 6.07) is 12.3. The summed E-state index contributed by atoms with van der Waals surface area (Å²) >= 11 is 0. The number of aromatic nitrogens is 2. The van der Waals surface area contributed by atoms with Gasteiger partial charge in [-0.3, -0.25) is 9.97 Å². The Morgan fingerprint density at radius 2 is 1.69 bits per heavy atom. The fourth-order valence-corrected chi connectivity index (χ4v) is 3.85. The van der Waals surface area contributed by atoms with E-state index < -0.39 is 28.5 Å². The smallest absolute Gasteiger partial charge is 0.456 e. The molecule has 0 bridgehead atoms. The Labute approximate surface area is 180 Å². The second-order valence-electron chi connectivity index (χ2n) is 6.70. The first-order valence-electron chi connectivity index (χ1n) is 9.26. The van der Waals surface area contributed by atoms with E-state index in [0.717, 1.165) is 12.3 Å². The molecule has 2 heterocycles. The minimum absolute atomic E-state index is 0.00655. The van der Waals surface area contributed by atoms with Crippen molar-refractivity contribution in [2.75, 3.05) is 12.4 Å². The minimum atomic E-state index is -5.74. The molecular weight excluding hydrogens is 455 g/mol. The lowest BCUT2D eigenvalue weighted by atomic mass is 10.1. The van der Waals surface area contributed by atoms with Gasteiger partial charge in [-0.1, -0.05) is 25.1 Å². The van der Waals surface area contributed by atoms with Crippen molar-refractivity contribution in [1.29, 1.82) is 0 Å². The second kappa shape index (κ2) is 8.81. The Morgan fingerprint density at radius 3 is 2.25 bits per heavy atom. The molecule has 11 heteroatoms. The molecule has 3 rings (SSSR count). The maximum atomic E-state index is 13.0. The van der Waals surface area contributed by atoms with Crippen LogP contribution in [0.2, 0.25) is 0 Å². The first kappa shape index (κ1) is 23.6. The molecule has 0 amide bonds. The molecule has 5 nitrogen and oxygen atoms in total. The summed E-state index contributed by atoms with van der Waals surface area (Å²) in [4.78, 5) is 8.19. The maximum Gasteiger partial charge on any atom is 0.456 e. The highest BCUT2D eigenvalue weighted by atomic mass is 32.2. The number of pyridine rings is 2. The van der Waals surface area contributed by atoms with Crippen molar-refractivity contribution in [3.05, 3.63) is 60.9 Å². The summed E-state index contributed by atoms with van der Waals surface area (Å²) in [5.74, 6) is -5.52. The lowest BCUT2D eigenvalue weighted by Crippen LogP contribution is -2.41. The van der Waals surface area contributed by atoms with Gasteiger partial charge in [0.2, 0.25) is 0 Å². The zero-order valence-corrected chi connectivity index (χ0v) is 17.4. The fraction of sp³-hybridized carbons (Fsp3) is 0.238. The molecular formula is C21H17F5N2O3S. The van der Waals surface area contributed by atoms with Crippen molar-refractivity contribution in [3.63, 3.8) is 0 Å². The Hall–Kier alpha value is -3.08. The van der Waals surface area contributed by atoms with Crippen molar-refractivity contribution in [1.82, 2.24) is 9.97 Å². The Morgan fingerprint density at radius 1 is 0.938 bits per heavy atom. The molecule has 0 atom stereocenters. The van der Waals surface area contributed by atoms with Crippen LogP contribution in [0.25, 0.3) is 22.5 Å². The van der Waals surface area contributed by atoms with E-state index in [0.29, 0.717) is 11.3 Å². The zero-order chi connectivity index (χ0) is 23.6. The van der Waals surface area contributed by atoms with E-state index in [1.54, 1.807) is 30.5 Å². The van der Waals surface area contributed by atoms with Crippen LogP contribution in [0.15, 0.2) is 65.8 Å². The molecule has 0 unspecified atom stereocenters. The van der Waals surface area contributed by atoms with E-state index in [-0.39, 0.29) is 27.7 Å². The third kappa shape index (κ3) is 5.04. The van der Waals surface area contributed by atoms with Gasteiger partial charge in [0, 0.05) is 17.3 Å². The number of ether oxygens (including phenoxy) is 1. The molecule has 3 aromatic rings. The highest BCUT2D eigenvalue weighted by Crippen LogP contribution is 2.36. The molecule has 0 N–H and O–H groups in total. The SMILES string of the molecule is CCS(=O)(=O)c1cc(-c2ccccn2)ccc1-c1ccc(OCC(F)(F)C(F)(F)F)cn1. The Balaban J connectivity index is 1.93. The summed E-state index contributed by atoms with van der Waals surface area (Å²) in [5, 5.41) is 0. The number of benzene rings is 1. The van der Waals surface area contributed by atoms with E-state index in [2.05, 4.69) is 14.7 Å². The van der Waals surface area contributed by atoms with Crippen LogP contribution >= 0.6 is 0 Å². The second-order valence-corrected chi connectivity index (χ2v) is 8.95. The number of nitrogens with zero attached hydrogens (tertiary/aromatic N) is 2. The van der Waals surface area contributed by atoms with E-state index in [1.165, 1.54) is 25.1 Å². The van der Waals surface area contributed by atoms with E-state index >= 15 is 0 Å². The molecule has 0 saturated heterocycles. The van der Waals surface area contributed by atoms with Crippen molar-refractivity contribution in [3.8, 4) is 28.3 Å². The van der Waals surface area contributed by atoms with Crippen molar-refractivity contribution >= 4 is 9.84 Å². The number of halogens is 5. The van der Waals surface area contributed by atoms with Crippen LogP contribution in [-0.2, 0) is 9.84 Å². The minimum Gasteiger partial charge on any atom is -0.485 e. The highest BCUT2D eigenvalue weighted by molar-refractivity contribution is 7.91. The van der Waals surface area contributed by atoms with Crippen molar-refractivity contribution in [2.45, 2.75) is 23.9 Å². The molecule has 170 valence electrons. The van der Waals surface area contributed by atoms with Gasteiger partial charge in [0.05, 0.1) is 28.2 Å². The lowest BCUT2D eigenvalue weighted by Gasteiger charge is -2.19. The quantitative estimate of drug-likeness (QED) is 0.443. The topological polar surface area (TPSA) is 69.2 Å². The van der Waals surface area contributed by atoms with E-state index in [4.69, 9.17) is 0 Å². The van der Waals surface area contributed by atoms with Crippen LogP contribution in [-0.4, -0.2) is 42.8 Å². The van der Waals surface area contributed by atoms with E-state index in [9.17, 15) is 30.4 Å². The molecule has 1 aromatic carbocycles. The highest BCUT2D eigenvalue weighted by Gasteiger charge is 2.58. The number of hydrogen-bond acceptors (Lipinski definition) is 5. The zero-order valence-electron chi connectivity index (χ0n) is 16.6. The van der Waals surface area contributed by atoms with Crippen LogP contribution < -0.4 is 4.74 Å². The molecule has 0 spiro atoms. The number of sulfone groups is 1. The molecule has 0 radical (unpaired) electrons. The molecule has 0 aliphatic heterocycles. The standard InChI is InChI=1S/C21H17F5N2O3S/c1-2-32(29,30)19-11-14(17-5-3-4-10-27-17)6-8-16(19)18-9-7-15(12-28-18)31-13-20(22,23)21(24,25)26/h3-12H,2,13H2,1H3. The number of hydrogen-bond donors (Lipinski definition) is 0. The molecule has 2 aromatic heterocycles. The third-order valence-electron chi connectivity index (χ3n) is 4.50. The van der Waals surface area contributed by atoms with Crippen LogP contribution in [0.4, 0.5) is 22.0 Å². The maximum absolute atomic E-state index is 13.0. The summed E-state index contributed by atoms with van der Waals surface area (Å²) in [6.45, 7) is -0.413. The normalized spacial score (nSPS) is 12.6. The summed E-state index contributed by atoms with van der Waals surface area (Å²) in [6.07, 6.45) is -3.21. The first-order chi connectivity index (χ1) is 14.9. The van der Waals surface area contributed by atoms with Crippen molar-refractivity contribution < 1.29 is 35.1 Å². The molecule has 0 aliphatic rings. The summed E-state index contributed by atoms with van der Waals surface area (Å²) < 4.78 is 92.7. The first-order valence-corrected chi connectivity index (χ1v) is 10.9. The van der Waals surface area contributed by atoms with Gasteiger partial charge in [-0.25, -0.2) is 8.42 Å². The van der Waals surface area contributed by atoms with Crippen molar-refractivity contribution in [2.24, 2.45) is 0 Å². The predicted molar refractivity (Wildman–Crippen MR) is 107 cm³/mol. The van der Waals surface area contributed by atoms with Gasteiger partial charge in [-0.2, -0.15) is 22.0 Å². The van der Waals surface area contributed by atoms with Gasteiger partial charge in [-0.15, -0.1) is 0 Å². The van der Waals surface area contributed by atoms with Gasteiger partial charge in [-0.05, 0) is 30.3 Å². The Bertz CT molecular complexity index is 1180. The van der Waals surface area contributed by atoms with Gasteiger partial charge in [0.15, 0.2) is 16.4 Å². The van der Waals surface area contributed by atoms with Crippen LogP contribution in [0.1, 0.15) is 6.92 Å². The van der Waals surface area contributed by atoms with Gasteiger partial charge in [0.25, 0.3) is 0 Å². The van der Waals surface area contributed by atoms with Crippen LogP contribution in [0, 0.1) is 0 Å². The average molecular weight is 472 g/mol. The average Bonchev–Trinajstić information content (AvgIpc) is 2.77. The lowest BCUT2D eigenvalue weighted by molar-refractivity contribution is -0.290. The number of rotatable bonds is 7. The molecule has 0 aliphatic carbocycles. The third-order valence-corrected chi connectivity index (χ3v) is 6.27. The summed E-state index contributed by atoms with van der Waals surface area (Å²) in [7, 11) is -3.69. The Kier molecular flexibility index (Phi) is 6.49. The molecule has 0 saturated carbocycles. The fourth-order valence-electron chi connectivity index (χ4n) is 2.72. The molecule has 32 heavy (non-hydrogen) atoms. The van der Waals surface area contributed by atoms with Crippen LogP contribution in [0.3, 0.4) is 0 Å². The van der Waals surface area contributed by atoms with E-state index in [1.807, 2.05) is 0 Å². The molecule has 0 fully saturated rings. The van der Waals surface area contributed by atoms with Gasteiger partial charge < -0.3 is 4.74 Å². The van der Waals surface area contributed by atoms with Crippen LogP contribution in [0.5, 0.6) is 5.75 Å².